The standard InChI is InChI=1S/C12H15ClOS/c13-12-7-10(8-15-12)5-9-3-1-2-4-11(14)6-9/h7-9H,1-6H2. The smallest absolute Gasteiger partial charge is 0.133 e. The van der Waals surface area contributed by atoms with Crippen LogP contribution in [0.5, 0.6) is 0 Å². The Morgan fingerprint density at radius 1 is 1.47 bits per heavy atom. The van der Waals surface area contributed by atoms with E-state index >= 15 is 0 Å². The maximum atomic E-state index is 11.5. The zero-order valence-corrected chi connectivity index (χ0v) is 10.2. The number of thiophene rings is 1. The molecule has 3 heteroatoms. The normalized spacial score (nSPS) is 22.7. The highest BCUT2D eigenvalue weighted by molar-refractivity contribution is 7.14. The third kappa shape index (κ3) is 3.32. The van der Waals surface area contributed by atoms with Gasteiger partial charge in [0, 0.05) is 12.8 Å². The maximum Gasteiger partial charge on any atom is 0.133 e. The summed E-state index contributed by atoms with van der Waals surface area (Å²) in [7, 11) is 0. The summed E-state index contributed by atoms with van der Waals surface area (Å²) < 4.78 is 0.852. The van der Waals surface area contributed by atoms with Gasteiger partial charge in [0.05, 0.1) is 4.34 Å². The number of Topliss-reactive ketones (excluding diaryl/α,β-unsaturated/α-hetero) is 1. The molecule has 1 saturated carbocycles. The van der Waals surface area contributed by atoms with Crippen LogP contribution in [0.3, 0.4) is 0 Å². The van der Waals surface area contributed by atoms with E-state index in [1.54, 1.807) is 11.3 Å². The van der Waals surface area contributed by atoms with Crippen LogP contribution in [0.2, 0.25) is 4.34 Å². The lowest BCUT2D eigenvalue weighted by atomic mass is 9.93. The van der Waals surface area contributed by atoms with Crippen LogP contribution in [-0.4, -0.2) is 5.78 Å². The molecule has 0 radical (unpaired) electrons. The Hall–Kier alpha value is -0.340. The number of halogens is 1. The van der Waals surface area contributed by atoms with E-state index in [2.05, 4.69) is 5.38 Å². The van der Waals surface area contributed by atoms with Crippen LogP contribution in [-0.2, 0) is 11.2 Å². The summed E-state index contributed by atoms with van der Waals surface area (Å²) in [6.45, 7) is 0. The summed E-state index contributed by atoms with van der Waals surface area (Å²) in [5.41, 5.74) is 1.30. The van der Waals surface area contributed by atoms with E-state index in [9.17, 15) is 4.79 Å². The molecule has 1 heterocycles. The first-order valence-corrected chi connectivity index (χ1v) is 6.74. The molecule has 0 bridgehead atoms. The average Bonchev–Trinajstić information content (AvgIpc) is 2.46. The topological polar surface area (TPSA) is 17.1 Å². The predicted octanol–water partition coefficient (Wildman–Crippen LogP) is 4.09. The van der Waals surface area contributed by atoms with Crippen LogP contribution in [0.1, 0.15) is 37.7 Å². The quantitative estimate of drug-likeness (QED) is 0.714. The summed E-state index contributed by atoms with van der Waals surface area (Å²) in [6.07, 6.45) is 6.07. The third-order valence-corrected chi connectivity index (χ3v) is 4.12. The summed E-state index contributed by atoms with van der Waals surface area (Å²) in [4.78, 5) is 11.5. The van der Waals surface area contributed by atoms with Gasteiger partial charge in [-0.05, 0) is 42.2 Å². The number of rotatable bonds is 2. The summed E-state index contributed by atoms with van der Waals surface area (Å²) in [5, 5.41) is 2.11. The third-order valence-electron chi connectivity index (χ3n) is 2.98. The van der Waals surface area contributed by atoms with Crippen molar-refractivity contribution in [3.8, 4) is 0 Å². The van der Waals surface area contributed by atoms with Gasteiger partial charge in [-0.25, -0.2) is 0 Å². The van der Waals surface area contributed by atoms with Crippen LogP contribution in [0, 0.1) is 5.92 Å². The number of hydrogen-bond donors (Lipinski definition) is 0. The van der Waals surface area contributed by atoms with Crippen molar-refractivity contribution >= 4 is 28.7 Å². The van der Waals surface area contributed by atoms with E-state index in [0.29, 0.717) is 11.7 Å². The Bertz CT molecular complexity index is 345. The molecule has 0 amide bonds. The van der Waals surface area contributed by atoms with E-state index in [1.807, 2.05) is 6.07 Å². The van der Waals surface area contributed by atoms with Crippen molar-refractivity contribution in [1.29, 1.82) is 0 Å². The van der Waals surface area contributed by atoms with Gasteiger partial charge in [-0.1, -0.05) is 18.0 Å². The molecule has 0 aromatic carbocycles. The minimum Gasteiger partial charge on any atom is -0.300 e. The van der Waals surface area contributed by atoms with Gasteiger partial charge in [-0.15, -0.1) is 11.3 Å². The number of carbonyl (C=O) groups excluding carboxylic acids is 1. The molecule has 1 atom stereocenters. The van der Waals surface area contributed by atoms with Crippen molar-refractivity contribution in [3.05, 3.63) is 21.3 Å². The van der Waals surface area contributed by atoms with Gasteiger partial charge in [-0.2, -0.15) is 0 Å². The second kappa shape index (κ2) is 5.13. The predicted molar refractivity (Wildman–Crippen MR) is 64.6 cm³/mol. The molecule has 1 aromatic rings. The highest BCUT2D eigenvalue weighted by Gasteiger charge is 2.18. The minimum atomic E-state index is 0.443. The largest absolute Gasteiger partial charge is 0.300 e. The van der Waals surface area contributed by atoms with Crippen molar-refractivity contribution < 1.29 is 4.79 Å². The fourth-order valence-electron chi connectivity index (χ4n) is 2.24. The fourth-order valence-corrected chi connectivity index (χ4v) is 3.16. The summed E-state index contributed by atoms with van der Waals surface area (Å²) in [5.74, 6) is 0.990. The Balaban J connectivity index is 1.95. The number of carbonyl (C=O) groups is 1. The molecule has 0 saturated heterocycles. The van der Waals surface area contributed by atoms with E-state index < -0.39 is 0 Å². The Morgan fingerprint density at radius 3 is 3.07 bits per heavy atom. The molecule has 0 aliphatic heterocycles. The number of hydrogen-bond acceptors (Lipinski definition) is 2. The Labute approximate surface area is 99.5 Å². The molecular weight excluding hydrogens is 228 g/mol. The first-order chi connectivity index (χ1) is 7.24. The maximum absolute atomic E-state index is 11.5. The average molecular weight is 243 g/mol. The van der Waals surface area contributed by atoms with Crippen LogP contribution in [0.15, 0.2) is 11.4 Å². The van der Waals surface area contributed by atoms with E-state index in [0.717, 1.165) is 30.0 Å². The first kappa shape index (κ1) is 11.2. The molecule has 1 fully saturated rings. The van der Waals surface area contributed by atoms with Gasteiger partial charge in [0.1, 0.15) is 5.78 Å². The zero-order valence-electron chi connectivity index (χ0n) is 8.67. The highest BCUT2D eigenvalue weighted by Crippen LogP contribution is 2.27. The summed E-state index contributed by atoms with van der Waals surface area (Å²) in [6, 6.07) is 2.03. The van der Waals surface area contributed by atoms with E-state index in [4.69, 9.17) is 11.6 Å². The van der Waals surface area contributed by atoms with E-state index in [1.165, 1.54) is 18.4 Å². The van der Waals surface area contributed by atoms with Crippen LogP contribution in [0.4, 0.5) is 0 Å². The lowest BCUT2D eigenvalue weighted by Gasteiger charge is -2.11. The molecule has 82 valence electrons. The van der Waals surface area contributed by atoms with Crippen molar-refractivity contribution in [2.24, 2.45) is 5.92 Å². The molecule has 1 aromatic heterocycles. The summed E-state index contributed by atoms with van der Waals surface area (Å²) >= 11 is 7.47. The molecule has 15 heavy (non-hydrogen) atoms. The molecular formula is C12H15ClOS. The zero-order chi connectivity index (χ0) is 10.7. The Morgan fingerprint density at radius 2 is 2.33 bits per heavy atom. The van der Waals surface area contributed by atoms with Crippen LogP contribution in [0.25, 0.3) is 0 Å². The van der Waals surface area contributed by atoms with E-state index in [-0.39, 0.29) is 0 Å². The van der Waals surface area contributed by atoms with Crippen molar-refractivity contribution in [1.82, 2.24) is 0 Å². The van der Waals surface area contributed by atoms with Gasteiger partial charge in [0.2, 0.25) is 0 Å². The van der Waals surface area contributed by atoms with Gasteiger partial charge >= 0.3 is 0 Å². The fraction of sp³-hybridized carbons (Fsp3) is 0.583. The molecule has 2 rings (SSSR count). The van der Waals surface area contributed by atoms with Crippen LogP contribution >= 0.6 is 22.9 Å². The minimum absolute atomic E-state index is 0.443. The molecule has 1 unspecified atom stereocenters. The first-order valence-electron chi connectivity index (χ1n) is 5.48. The van der Waals surface area contributed by atoms with Crippen molar-refractivity contribution in [2.45, 2.75) is 38.5 Å². The Kier molecular flexibility index (Phi) is 3.81. The molecule has 1 aliphatic carbocycles. The van der Waals surface area contributed by atoms with Gasteiger partial charge in [0.15, 0.2) is 0 Å². The lowest BCUT2D eigenvalue weighted by molar-refractivity contribution is -0.119. The lowest BCUT2D eigenvalue weighted by Crippen LogP contribution is -2.07. The van der Waals surface area contributed by atoms with Gasteiger partial charge < -0.3 is 0 Å². The SMILES string of the molecule is O=C1CCCCC(Cc2csc(Cl)c2)C1. The second-order valence-electron chi connectivity index (χ2n) is 4.32. The molecule has 1 nitrogen and oxygen atoms in total. The molecule has 0 spiro atoms. The number of ketones is 1. The van der Waals surface area contributed by atoms with Crippen molar-refractivity contribution in [3.63, 3.8) is 0 Å². The highest BCUT2D eigenvalue weighted by atomic mass is 35.5. The molecule has 0 N–H and O–H groups in total. The van der Waals surface area contributed by atoms with Crippen molar-refractivity contribution in [2.75, 3.05) is 0 Å². The van der Waals surface area contributed by atoms with Crippen LogP contribution < -0.4 is 0 Å². The molecule has 1 aliphatic rings. The van der Waals surface area contributed by atoms with Gasteiger partial charge in [-0.3, -0.25) is 4.79 Å². The van der Waals surface area contributed by atoms with Gasteiger partial charge in [0.25, 0.3) is 0 Å². The second-order valence-corrected chi connectivity index (χ2v) is 5.86. The monoisotopic (exact) mass is 242 g/mol.